The SMILES string of the molecule is CCCN(C1CCNCC1)S(=O)(=O)c1c[nH]c(C(=O)N2CCCC2)c1. The molecule has 8 heteroatoms. The molecule has 25 heavy (non-hydrogen) atoms. The fourth-order valence-corrected chi connectivity index (χ4v) is 5.46. The number of carbonyl (C=O) groups is 1. The van der Waals surface area contributed by atoms with Crippen LogP contribution in [-0.2, 0) is 10.0 Å². The fraction of sp³-hybridized carbons (Fsp3) is 0.706. The molecule has 0 unspecified atom stereocenters. The minimum Gasteiger partial charge on any atom is -0.356 e. The van der Waals surface area contributed by atoms with E-state index in [-0.39, 0.29) is 16.8 Å². The second-order valence-electron chi connectivity index (χ2n) is 6.85. The van der Waals surface area contributed by atoms with Crippen molar-refractivity contribution in [2.75, 3.05) is 32.7 Å². The van der Waals surface area contributed by atoms with Gasteiger partial charge in [-0.25, -0.2) is 8.42 Å². The quantitative estimate of drug-likeness (QED) is 0.795. The van der Waals surface area contributed by atoms with Gasteiger partial charge in [-0.15, -0.1) is 0 Å². The molecule has 0 spiro atoms. The third-order valence-corrected chi connectivity index (χ3v) is 6.98. The van der Waals surface area contributed by atoms with Crippen LogP contribution in [0.15, 0.2) is 17.2 Å². The van der Waals surface area contributed by atoms with Crippen LogP contribution in [0.5, 0.6) is 0 Å². The van der Waals surface area contributed by atoms with Crippen molar-refractivity contribution < 1.29 is 13.2 Å². The molecule has 2 N–H and O–H groups in total. The number of aromatic amines is 1. The molecular weight excluding hydrogens is 340 g/mol. The van der Waals surface area contributed by atoms with Gasteiger partial charge in [0.1, 0.15) is 10.6 Å². The van der Waals surface area contributed by atoms with E-state index in [0.29, 0.717) is 12.2 Å². The van der Waals surface area contributed by atoms with E-state index in [1.54, 1.807) is 9.21 Å². The Morgan fingerprint density at radius 1 is 1.28 bits per heavy atom. The Morgan fingerprint density at radius 3 is 2.60 bits per heavy atom. The molecule has 2 aliphatic heterocycles. The van der Waals surface area contributed by atoms with Gasteiger partial charge in [0, 0.05) is 31.9 Å². The first-order valence-corrected chi connectivity index (χ1v) is 10.7. The lowest BCUT2D eigenvalue weighted by Gasteiger charge is -2.33. The minimum atomic E-state index is -3.60. The summed E-state index contributed by atoms with van der Waals surface area (Å²) in [5.74, 6) is -0.108. The van der Waals surface area contributed by atoms with Gasteiger partial charge in [-0.2, -0.15) is 4.31 Å². The standard InChI is InChI=1S/C17H28N4O3S/c1-2-9-21(14-5-7-18-8-6-14)25(23,24)15-12-16(19-13-15)17(22)20-10-3-4-11-20/h12-14,18-19H,2-11H2,1H3. The smallest absolute Gasteiger partial charge is 0.270 e. The number of amides is 1. The van der Waals surface area contributed by atoms with Crippen LogP contribution in [-0.4, -0.2) is 67.3 Å². The topological polar surface area (TPSA) is 85.5 Å². The third-order valence-electron chi connectivity index (χ3n) is 5.05. The van der Waals surface area contributed by atoms with Crippen LogP contribution in [0.1, 0.15) is 49.5 Å². The van der Waals surface area contributed by atoms with Crippen LogP contribution in [0.2, 0.25) is 0 Å². The minimum absolute atomic E-state index is 0.0267. The number of carbonyl (C=O) groups excluding carboxylic acids is 1. The van der Waals surface area contributed by atoms with E-state index in [0.717, 1.165) is 58.3 Å². The molecule has 2 fully saturated rings. The number of aromatic nitrogens is 1. The van der Waals surface area contributed by atoms with Crippen LogP contribution in [0.25, 0.3) is 0 Å². The van der Waals surface area contributed by atoms with E-state index >= 15 is 0 Å². The molecule has 2 aliphatic rings. The zero-order chi connectivity index (χ0) is 17.9. The van der Waals surface area contributed by atoms with Crippen molar-refractivity contribution in [2.45, 2.75) is 50.0 Å². The van der Waals surface area contributed by atoms with Crippen molar-refractivity contribution in [2.24, 2.45) is 0 Å². The maximum absolute atomic E-state index is 13.1. The molecule has 0 bridgehead atoms. The zero-order valence-electron chi connectivity index (χ0n) is 14.8. The van der Waals surface area contributed by atoms with Gasteiger partial charge in [-0.3, -0.25) is 4.79 Å². The van der Waals surface area contributed by atoms with Crippen LogP contribution in [0.4, 0.5) is 0 Å². The summed E-state index contributed by atoms with van der Waals surface area (Å²) < 4.78 is 27.9. The first kappa shape index (κ1) is 18.4. The molecule has 140 valence electrons. The Balaban J connectivity index is 1.81. The molecule has 2 saturated heterocycles. The number of rotatable bonds is 6. The van der Waals surface area contributed by atoms with Crippen LogP contribution in [0.3, 0.4) is 0 Å². The summed E-state index contributed by atoms with van der Waals surface area (Å²) in [4.78, 5) is 17.3. The van der Waals surface area contributed by atoms with Crippen LogP contribution in [0, 0.1) is 0 Å². The number of H-pyrrole nitrogens is 1. The van der Waals surface area contributed by atoms with E-state index in [1.165, 1.54) is 12.3 Å². The van der Waals surface area contributed by atoms with E-state index in [9.17, 15) is 13.2 Å². The molecule has 0 aromatic carbocycles. The Morgan fingerprint density at radius 2 is 1.96 bits per heavy atom. The summed E-state index contributed by atoms with van der Waals surface area (Å²) in [5, 5.41) is 3.28. The Bertz CT molecular complexity index is 689. The average molecular weight is 369 g/mol. The van der Waals surface area contributed by atoms with E-state index < -0.39 is 10.0 Å². The van der Waals surface area contributed by atoms with Gasteiger partial charge >= 0.3 is 0 Å². The molecule has 0 saturated carbocycles. The number of nitrogens with one attached hydrogen (secondary N) is 2. The largest absolute Gasteiger partial charge is 0.356 e. The predicted octanol–water partition coefficient (Wildman–Crippen LogP) is 1.40. The van der Waals surface area contributed by atoms with Gasteiger partial charge in [0.15, 0.2) is 0 Å². The summed E-state index contributed by atoms with van der Waals surface area (Å²) in [6.45, 7) is 5.67. The van der Waals surface area contributed by atoms with Crippen molar-refractivity contribution in [3.05, 3.63) is 18.0 Å². The number of piperidine rings is 1. The molecule has 3 rings (SSSR count). The van der Waals surface area contributed by atoms with Crippen molar-refractivity contribution in [3.63, 3.8) is 0 Å². The number of sulfonamides is 1. The molecule has 0 radical (unpaired) electrons. The number of hydrogen-bond acceptors (Lipinski definition) is 4. The number of likely N-dealkylation sites (tertiary alicyclic amines) is 1. The second-order valence-corrected chi connectivity index (χ2v) is 8.74. The molecular formula is C17H28N4O3S. The maximum atomic E-state index is 13.1. The number of hydrogen-bond donors (Lipinski definition) is 2. The third kappa shape index (κ3) is 3.91. The number of nitrogens with zero attached hydrogens (tertiary/aromatic N) is 2. The van der Waals surface area contributed by atoms with Gasteiger partial charge in [0.25, 0.3) is 5.91 Å². The lowest BCUT2D eigenvalue weighted by atomic mass is 10.1. The molecule has 1 amide bonds. The van der Waals surface area contributed by atoms with Gasteiger partial charge in [-0.1, -0.05) is 6.92 Å². The molecule has 7 nitrogen and oxygen atoms in total. The van der Waals surface area contributed by atoms with Crippen molar-refractivity contribution in [3.8, 4) is 0 Å². The Kier molecular flexibility index (Phi) is 5.81. The highest BCUT2D eigenvalue weighted by atomic mass is 32.2. The van der Waals surface area contributed by atoms with E-state index in [4.69, 9.17) is 0 Å². The highest BCUT2D eigenvalue weighted by Crippen LogP contribution is 2.24. The van der Waals surface area contributed by atoms with Crippen molar-refractivity contribution >= 4 is 15.9 Å². The highest BCUT2D eigenvalue weighted by Gasteiger charge is 2.33. The average Bonchev–Trinajstić information content (AvgIpc) is 3.31. The molecule has 0 atom stereocenters. The Hall–Kier alpha value is -1.38. The molecule has 0 aliphatic carbocycles. The van der Waals surface area contributed by atoms with Gasteiger partial charge in [-0.05, 0) is 51.3 Å². The van der Waals surface area contributed by atoms with Crippen molar-refractivity contribution in [1.29, 1.82) is 0 Å². The lowest BCUT2D eigenvalue weighted by Crippen LogP contribution is -2.46. The Labute approximate surface area is 149 Å². The first-order valence-electron chi connectivity index (χ1n) is 9.24. The molecule has 3 heterocycles. The predicted molar refractivity (Wildman–Crippen MR) is 96.0 cm³/mol. The molecule has 1 aromatic heterocycles. The van der Waals surface area contributed by atoms with Crippen molar-refractivity contribution in [1.82, 2.24) is 19.5 Å². The second kappa shape index (κ2) is 7.88. The van der Waals surface area contributed by atoms with Gasteiger partial charge in [0.05, 0.1) is 0 Å². The molecule has 1 aromatic rings. The summed E-state index contributed by atoms with van der Waals surface area (Å²) in [6, 6.07) is 1.53. The maximum Gasteiger partial charge on any atom is 0.270 e. The summed E-state index contributed by atoms with van der Waals surface area (Å²) >= 11 is 0. The summed E-state index contributed by atoms with van der Waals surface area (Å²) in [5.41, 5.74) is 0.363. The van der Waals surface area contributed by atoms with Crippen LogP contribution < -0.4 is 5.32 Å². The van der Waals surface area contributed by atoms with E-state index in [2.05, 4.69) is 10.3 Å². The highest BCUT2D eigenvalue weighted by molar-refractivity contribution is 7.89. The van der Waals surface area contributed by atoms with Gasteiger partial charge < -0.3 is 15.2 Å². The fourth-order valence-electron chi connectivity index (χ4n) is 3.69. The summed E-state index contributed by atoms with van der Waals surface area (Å²) in [7, 11) is -3.60. The summed E-state index contributed by atoms with van der Waals surface area (Å²) in [6.07, 6.45) is 5.90. The zero-order valence-corrected chi connectivity index (χ0v) is 15.6. The lowest BCUT2D eigenvalue weighted by molar-refractivity contribution is 0.0787. The van der Waals surface area contributed by atoms with Crippen LogP contribution >= 0.6 is 0 Å². The monoisotopic (exact) mass is 368 g/mol. The first-order chi connectivity index (χ1) is 12.0. The van der Waals surface area contributed by atoms with E-state index in [1.807, 2.05) is 6.92 Å². The normalized spacial score (nSPS) is 19.7. The van der Waals surface area contributed by atoms with Gasteiger partial charge in [0.2, 0.25) is 10.0 Å².